The number of rotatable bonds is 5. The fourth-order valence-electron chi connectivity index (χ4n) is 7.38. The van der Waals surface area contributed by atoms with Crippen LogP contribution < -0.4 is 0 Å². The van der Waals surface area contributed by atoms with Crippen LogP contribution in [0.15, 0.2) is 152 Å². The number of aromatic nitrogens is 4. The van der Waals surface area contributed by atoms with Gasteiger partial charge in [0.1, 0.15) is 0 Å². The Bertz CT molecular complexity index is 2510. The SMILES string of the molecule is Cc1ccc2c(c1)C(C)(C)c1cc(-c3cc(-c4nc(-c5ccccc5)nc(-c5ccccc5)n4)cc(-c4cccc5cccnc45)c3)ccc1-2. The first-order chi connectivity index (χ1) is 24.4. The lowest BCUT2D eigenvalue weighted by molar-refractivity contribution is 0.660. The molecule has 0 unspecified atom stereocenters. The van der Waals surface area contributed by atoms with Crippen LogP contribution in [0.2, 0.25) is 0 Å². The first-order valence-electron chi connectivity index (χ1n) is 17.1. The molecule has 1 aliphatic carbocycles. The lowest BCUT2D eigenvalue weighted by Gasteiger charge is -2.22. The van der Waals surface area contributed by atoms with Crippen LogP contribution >= 0.6 is 0 Å². The molecule has 2 heterocycles. The first-order valence-corrected chi connectivity index (χ1v) is 17.1. The highest BCUT2D eigenvalue weighted by atomic mass is 15.0. The van der Waals surface area contributed by atoms with Crippen LogP contribution in [0.4, 0.5) is 0 Å². The van der Waals surface area contributed by atoms with Crippen molar-refractivity contribution in [2.24, 2.45) is 0 Å². The summed E-state index contributed by atoms with van der Waals surface area (Å²) in [6, 6.07) is 51.2. The summed E-state index contributed by atoms with van der Waals surface area (Å²) in [6.07, 6.45) is 1.86. The molecule has 0 N–H and O–H groups in total. The second kappa shape index (κ2) is 11.7. The van der Waals surface area contributed by atoms with E-state index in [0.29, 0.717) is 17.5 Å². The Morgan fingerprint density at radius 2 is 1.00 bits per heavy atom. The highest BCUT2D eigenvalue weighted by Crippen LogP contribution is 2.50. The Morgan fingerprint density at radius 1 is 0.420 bits per heavy atom. The molecule has 238 valence electrons. The third-order valence-electron chi connectivity index (χ3n) is 10.00. The Morgan fingerprint density at radius 3 is 1.70 bits per heavy atom. The maximum atomic E-state index is 5.11. The molecule has 6 aromatic carbocycles. The van der Waals surface area contributed by atoms with Crippen molar-refractivity contribution in [1.29, 1.82) is 0 Å². The summed E-state index contributed by atoms with van der Waals surface area (Å²) in [5, 5.41) is 1.10. The van der Waals surface area contributed by atoms with Crippen molar-refractivity contribution in [2.75, 3.05) is 0 Å². The summed E-state index contributed by atoms with van der Waals surface area (Å²) >= 11 is 0. The second-order valence-corrected chi connectivity index (χ2v) is 13.7. The van der Waals surface area contributed by atoms with Crippen LogP contribution in [0.1, 0.15) is 30.5 Å². The quantitative estimate of drug-likeness (QED) is 0.187. The minimum atomic E-state index is -0.115. The monoisotopic (exact) mass is 642 g/mol. The fourth-order valence-corrected chi connectivity index (χ4v) is 7.38. The van der Waals surface area contributed by atoms with Crippen LogP contribution in [0.5, 0.6) is 0 Å². The van der Waals surface area contributed by atoms with Crippen LogP contribution in [0, 0.1) is 6.92 Å². The summed E-state index contributed by atoms with van der Waals surface area (Å²) in [5.41, 5.74) is 14.7. The molecule has 0 spiro atoms. The number of benzene rings is 6. The lowest BCUT2D eigenvalue weighted by atomic mass is 9.81. The Kier molecular flexibility index (Phi) is 6.99. The molecule has 4 nitrogen and oxygen atoms in total. The predicted molar refractivity (Wildman–Crippen MR) is 205 cm³/mol. The minimum absolute atomic E-state index is 0.115. The van der Waals surface area contributed by atoms with Gasteiger partial charge < -0.3 is 0 Å². The second-order valence-electron chi connectivity index (χ2n) is 13.7. The number of hydrogen-bond donors (Lipinski definition) is 0. The molecule has 0 radical (unpaired) electrons. The van der Waals surface area contributed by atoms with Gasteiger partial charge in [-0.3, -0.25) is 4.98 Å². The smallest absolute Gasteiger partial charge is 0.164 e. The number of nitrogens with zero attached hydrogens (tertiary/aromatic N) is 4. The van der Waals surface area contributed by atoms with E-state index in [2.05, 4.69) is 99.6 Å². The highest BCUT2D eigenvalue weighted by Gasteiger charge is 2.35. The zero-order valence-electron chi connectivity index (χ0n) is 28.2. The van der Waals surface area contributed by atoms with Crippen molar-refractivity contribution in [1.82, 2.24) is 19.9 Å². The molecule has 0 atom stereocenters. The van der Waals surface area contributed by atoms with Gasteiger partial charge in [-0.15, -0.1) is 0 Å². The van der Waals surface area contributed by atoms with Gasteiger partial charge in [0.25, 0.3) is 0 Å². The fraction of sp³-hybridized carbons (Fsp3) is 0.0870. The van der Waals surface area contributed by atoms with Gasteiger partial charge in [-0.1, -0.05) is 135 Å². The molecule has 0 saturated heterocycles. The molecule has 9 rings (SSSR count). The Hall–Kier alpha value is -6.26. The van der Waals surface area contributed by atoms with E-state index in [0.717, 1.165) is 49.8 Å². The standard InChI is InChI=1S/C46H34N4/c1-29-19-21-38-39-22-20-33(28-41(39)46(2,3)40(38)24-29)34-25-35(37-18-10-16-30-17-11-23-47-42(30)37)27-36(26-34)45-49-43(31-12-6-4-7-13-31)48-44(50-45)32-14-8-5-9-15-32/h4-28H,1-3H3. The molecule has 0 fully saturated rings. The van der Waals surface area contributed by atoms with Crippen molar-refractivity contribution in [2.45, 2.75) is 26.2 Å². The average molecular weight is 643 g/mol. The van der Waals surface area contributed by atoms with Crippen LogP contribution in [-0.2, 0) is 5.41 Å². The van der Waals surface area contributed by atoms with Crippen LogP contribution in [0.25, 0.3) is 78.4 Å². The van der Waals surface area contributed by atoms with Crippen LogP contribution in [-0.4, -0.2) is 19.9 Å². The minimum Gasteiger partial charge on any atom is -0.256 e. The normalized spacial score (nSPS) is 12.9. The van der Waals surface area contributed by atoms with Crippen molar-refractivity contribution in [3.63, 3.8) is 0 Å². The maximum Gasteiger partial charge on any atom is 0.164 e. The van der Waals surface area contributed by atoms with Crippen molar-refractivity contribution < 1.29 is 0 Å². The van der Waals surface area contributed by atoms with Gasteiger partial charge in [0.05, 0.1) is 5.52 Å². The highest BCUT2D eigenvalue weighted by molar-refractivity contribution is 5.95. The third-order valence-corrected chi connectivity index (χ3v) is 10.00. The molecule has 1 aliphatic rings. The number of para-hydroxylation sites is 1. The summed E-state index contributed by atoms with van der Waals surface area (Å²) in [6.45, 7) is 6.85. The third kappa shape index (κ3) is 5.08. The van der Waals surface area contributed by atoms with Crippen molar-refractivity contribution in [3.05, 3.63) is 168 Å². The summed E-state index contributed by atoms with van der Waals surface area (Å²) in [7, 11) is 0. The van der Waals surface area contributed by atoms with E-state index in [4.69, 9.17) is 19.9 Å². The largest absolute Gasteiger partial charge is 0.256 e. The van der Waals surface area contributed by atoms with Gasteiger partial charge in [0, 0.05) is 39.3 Å². The topological polar surface area (TPSA) is 51.6 Å². The first kappa shape index (κ1) is 29.8. The van der Waals surface area contributed by atoms with E-state index in [1.807, 2.05) is 72.9 Å². The predicted octanol–water partition coefficient (Wildman–Crippen LogP) is 11.4. The zero-order valence-corrected chi connectivity index (χ0v) is 28.2. The zero-order chi connectivity index (χ0) is 33.8. The van der Waals surface area contributed by atoms with Gasteiger partial charge in [-0.2, -0.15) is 0 Å². The number of aryl methyl sites for hydroxylation is 1. The summed E-state index contributed by atoms with van der Waals surface area (Å²) in [4.78, 5) is 20.0. The van der Waals surface area contributed by atoms with Gasteiger partial charge in [-0.25, -0.2) is 15.0 Å². The molecule has 8 aromatic rings. The molecule has 0 bridgehead atoms. The number of hydrogen-bond acceptors (Lipinski definition) is 4. The molecular weight excluding hydrogens is 609 g/mol. The molecule has 0 aliphatic heterocycles. The van der Waals surface area contributed by atoms with E-state index in [9.17, 15) is 0 Å². The Labute approximate surface area is 292 Å². The summed E-state index contributed by atoms with van der Waals surface area (Å²) in [5.74, 6) is 1.90. The van der Waals surface area contributed by atoms with E-state index in [-0.39, 0.29) is 5.41 Å². The Balaban J connectivity index is 1.28. The molecule has 0 amide bonds. The van der Waals surface area contributed by atoms with E-state index >= 15 is 0 Å². The molecule has 4 heteroatoms. The lowest BCUT2D eigenvalue weighted by Crippen LogP contribution is -2.15. The molecule has 50 heavy (non-hydrogen) atoms. The van der Waals surface area contributed by atoms with E-state index < -0.39 is 0 Å². The van der Waals surface area contributed by atoms with Gasteiger partial charge in [0.15, 0.2) is 17.5 Å². The van der Waals surface area contributed by atoms with Crippen molar-refractivity contribution >= 4 is 10.9 Å². The molecular formula is C46H34N4. The van der Waals surface area contributed by atoms with E-state index in [1.165, 1.54) is 27.8 Å². The van der Waals surface area contributed by atoms with Gasteiger partial charge in [-0.05, 0) is 76.2 Å². The summed E-state index contributed by atoms with van der Waals surface area (Å²) < 4.78 is 0. The van der Waals surface area contributed by atoms with Crippen molar-refractivity contribution in [3.8, 4) is 67.5 Å². The van der Waals surface area contributed by atoms with Crippen LogP contribution in [0.3, 0.4) is 0 Å². The molecule has 2 aromatic heterocycles. The average Bonchev–Trinajstić information content (AvgIpc) is 3.39. The van der Waals surface area contributed by atoms with E-state index in [1.54, 1.807) is 0 Å². The molecule has 0 saturated carbocycles. The maximum absolute atomic E-state index is 5.11. The number of fused-ring (bicyclic) bond motifs is 4. The number of pyridine rings is 1. The van der Waals surface area contributed by atoms with Gasteiger partial charge >= 0.3 is 0 Å². The van der Waals surface area contributed by atoms with Gasteiger partial charge in [0.2, 0.25) is 0 Å².